The number of hydrogen-bond donors (Lipinski definition) is 2. The molecule has 0 aromatic heterocycles. The minimum absolute atomic E-state index is 0.0376. The average molecular weight is 561 g/mol. The number of hydrogen-bond acceptors (Lipinski definition) is 7. The second kappa shape index (κ2) is 12.6. The molecule has 5 rings (SSSR count). The van der Waals surface area contributed by atoms with Crippen LogP contribution in [-0.4, -0.2) is 61.6 Å². The molecule has 2 N–H and O–H groups in total. The van der Waals surface area contributed by atoms with E-state index < -0.39 is 17.9 Å². The first-order chi connectivity index (χ1) is 19.9. The zero-order chi connectivity index (χ0) is 28.9. The van der Waals surface area contributed by atoms with Crippen LogP contribution in [0.1, 0.15) is 41.1 Å². The summed E-state index contributed by atoms with van der Waals surface area (Å²) in [6.45, 7) is 7.93. The molecule has 1 amide bonds. The second-order valence-electron chi connectivity index (χ2n) is 10.4. The number of amides is 1. The maximum atomic E-state index is 13.4. The summed E-state index contributed by atoms with van der Waals surface area (Å²) in [6, 6.07) is 18.3. The lowest BCUT2D eigenvalue weighted by atomic mass is 9.82. The van der Waals surface area contributed by atoms with Crippen LogP contribution in [0.5, 0.6) is 17.2 Å². The van der Waals surface area contributed by atoms with Gasteiger partial charge in [0.1, 0.15) is 12.4 Å². The number of nitrogens with zero attached hydrogens (tertiary/aromatic N) is 1. The number of para-hydroxylation sites is 1. The van der Waals surface area contributed by atoms with E-state index in [1.54, 1.807) is 0 Å². The van der Waals surface area contributed by atoms with Gasteiger partial charge in [0.2, 0.25) is 12.7 Å². The first kappa shape index (κ1) is 28.4. The monoisotopic (exact) mass is 560 g/mol. The number of fused-ring (bicyclic) bond motifs is 1. The van der Waals surface area contributed by atoms with E-state index in [0.717, 1.165) is 27.9 Å². The third kappa shape index (κ3) is 6.31. The van der Waals surface area contributed by atoms with Gasteiger partial charge in [-0.3, -0.25) is 14.5 Å². The predicted octanol–water partition coefficient (Wildman–Crippen LogP) is 4.93. The number of aryl methyl sites for hydroxylation is 2. The Morgan fingerprint density at radius 1 is 0.976 bits per heavy atom. The third-order valence-corrected chi connectivity index (χ3v) is 7.72. The molecule has 2 aliphatic rings. The highest BCUT2D eigenvalue weighted by Gasteiger charge is 2.48. The minimum Gasteiger partial charge on any atom is -0.491 e. The fraction of sp³-hybridized carbons (Fsp3) is 0.375. The highest BCUT2D eigenvalue weighted by Crippen LogP contribution is 2.47. The number of anilines is 1. The lowest BCUT2D eigenvalue weighted by Crippen LogP contribution is -2.35. The maximum absolute atomic E-state index is 13.4. The molecule has 2 aliphatic heterocycles. The van der Waals surface area contributed by atoms with Crippen LogP contribution < -0.4 is 19.5 Å². The van der Waals surface area contributed by atoms with Gasteiger partial charge in [-0.05, 0) is 67.3 Å². The van der Waals surface area contributed by atoms with E-state index in [2.05, 4.69) is 5.32 Å². The van der Waals surface area contributed by atoms with E-state index in [-0.39, 0.29) is 25.2 Å². The number of carbonyl (C=O) groups excluding carboxylic acids is 1. The van der Waals surface area contributed by atoms with Crippen LogP contribution in [0.15, 0.2) is 60.7 Å². The highest BCUT2D eigenvalue weighted by atomic mass is 16.7. The fourth-order valence-corrected chi connectivity index (χ4v) is 5.77. The van der Waals surface area contributed by atoms with Crippen LogP contribution in [0, 0.1) is 19.8 Å². The summed E-state index contributed by atoms with van der Waals surface area (Å²) < 4.78 is 22.1. The van der Waals surface area contributed by atoms with Crippen LogP contribution in [-0.2, 0) is 14.3 Å². The Bertz CT molecular complexity index is 1370. The SMILES string of the molecule is CCOCCOc1ccc([C@@H]2[C@@H](C(=O)O)[C@@H](c3ccc4c(c3)OCO4)CN2CC(=O)Nc2c(C)cccc2C)cc1. The van der Waals surface area contributed by atoms with Gasteiger partial charge in [0.05, 0.1) is 19.1 Å². The first-order valence-electron chi connectivity index (χ1n) is 13.9. The molecular formula is C32H36N2O7. The van der Waals surface area contributed by atoms with E-state index in [9.17, 15) is 14.7 Å². The molecule has 41 heavy (non-hydrogen) atoms. The summed E-state index contributed by atoms with van der Waals surface area (Å²) in [4.78, 5) is 28.2. The molecule has 216 valence electrons. The number of aliphatic carboxylic acids is 1. The Hall–Kier alpha value is -4.08. The van der Waals surface area contributed by atoms with E-state index in [4.69, 9.17) is 18.9 Å². The molecule has 1 saturated heterocycles. The molecule has 0 bridgehead atoms. The molecule has 1 fully saturated rings. The third-order valence-electron chi connectivity index (χ3n) is 7.72. The van der Waals surface area contributed by atoms with Crippen molar-refractivity contribution in [2.45, 2.75) is 32.7 Å². The molecule has 9 nitrogen and oxygen atoms in total. The lowest BCUT2D eigenvalue weighted by molar-refractivity contribution is -0.143. The summed E-state index contributed by atoms with van der Waals surface area (Å²) in [7, 11) is 0. The summed E-state index contributed by atoms with van der Waals surface area (Å²) >= 11 is 0. The smallest absolute Gasteiger partial charge is 0.309 e. The van der Waals surface area contributed by atoms with Gasteiger partial charge < -0.3 is 29.4 Å². The number of likely N-dealkylation sites (tertiary alicyclic amines) is 1. The van der Waals surface area contributed by atoms with Crippen LogP contribution in [0.2, 0.25) is 0 Å². The average Bonchev–Trinajstić information content (AvgIpc) is 3.58. The quantitative estimate of drug-likeness (QED) is 0.318. The molecule has 0 spiro atoms. The van der Waals surface area contributed by atoms with E-state index in [1.165, 1.54) is 0 Å². The van der Waals surface area contributed by atoms with E-state index >= 15 is 0 Å². The van der Waals surface area contributed by atoms with Gasteiger partial charge >= 0.3 is 5.97 Å². The number of carboxylic acids is 1. The van der Waals surface area contributed by atoms with Gasteiger partial charge in [-0.2, -0.15) is 0 Å². The molecule has 0 saturated carbocycles. The van der Waals surface area contributed by atoms with Gasteiger partial charge in [-0.1, -0.05) is 36.4 Å². The van der Waals surface area contributed by atoms with E-state index in [0.29, 0.717) is 43.6 Å². The van der Waals surface area contributed by atoms with Gasteiger partial charge in [0.15, 0.2) is 11.5 Å². The zero-order valence-electron chi connectivity index (χ0n) is 23.6. The standard InChI is InChI=1S/C32H36N2O7/c1-4-38-14-15-39-24-11-8-22(9-12-24)31-29(32(36)37)25(23-10-13-26-27(16-23)41-19-40-26)17-34(31)18-28(35)33-30-20(2)6-5-7-21(30)3/h5-13,16,25,29,31H,4,14-15,17-19H2,1-3H3,(H,33,35)(H,36,37)/t25-,29+,31-/m1/s1. The Kier molecular flexibility index (Phi) is 8.75. The van der Waals surface area contributed by atoms with Crippen LogP contribution in [0.3, 0.4) is 0 Å². The Morgan fingerprint density at radius 2 is 1.68 bits per heavy atom. The normalized spacial score (nSPS) is 19.7. The van der Waals surface area contributed by atoms with Crippen LogP contribution in [0.4, 0.5) is 5.69 Å². The molecule has 0 aliphatic carbocycles. The van der Waals surface area contributed by atoms with Crippen molar-refractivity contribution in [1.82, 2.24) is 4.90 Å². The number of ether oxygens (including phenoxy) is 4. The molecule has 0 radical (unpaired) electrons. The molecule has 2 heterocycles. The Balaban J connectivity index is 1.43. The number of rotatable bonds is 11. The summed E-state index contributed by atoms with van der Waals surface area (Å²) in [5.41, 5.74) is 4.36. The second-order valence-corrected chi connectivity index (χ2v) is 10.4. The molecule has 9 heteroatoms. The summed E-state index contributed by atoms with van der Waals surface area (Å²) in [5, 5.41) is 13.6. The van der Waals surface area contributed by atoms with Crippen LogP contribution in [0.25, 0.3) is 0 Å². The predicted molar refractivity (Wildman–Crippen MR) is 154 cm³/mol. The largest absolute Gasteiger partial charge is 0.491 e. The molecule has 3 aromatic rings. The number of carbonyl (C=O) groups is 2. The van der Waals surface area contributed by atoms with Crippen molar-refractivity contribution in [3.8, 4) is 17.2 Å². The maximum Gasteiger partial charge on any atom is 0.309 e. The fourth-order valence-electron chi connectivity index (χ4n) is 5.77. The number of nitrogens with one attached hydrogen (secondary N) is 1. The minimum atomic E-state index is -0.924. The number of benzene rings is 3. The van der Waals surface area contributed by atoms with Gasteiger partial charge in [0.25, 0.3) is 0 Å². The van der Waals surface area contributed by atoms with Crippen molar-refractivity contribution < 1.29 is 33.6 Å². The molecular weight excluding hydrogens is 524 g/mol. The number of carboxylic acid groups (broad SMARTS) is 1. The Morgan fingerprint density at radius 3 is 2.39 bits per heavy atom. The van der Waals surface area contributed by atoms with Crippen molar-refractivity contribution in [3.05, 3.63) is 82.9 Å². The lowest BCUT2D eigenvalue weighted by Gasteiger charge is -2.27. The van der Waals surface area contributed by atoms with Crippen molar-refractivity contribution in [2.24, 2.45) is 5.92 Å². The summed E-state index contributed by atoms with van der Waals surface area (Å²) in [6.07, 6.45) is 0. The van der Waals surface area contributed by atoms with E-state index in [1.807, 2.05) is 86.3 Å². The van der Waals surface area contributed by atoms with Gasteiger partial charge in [-0.15, -0.1) is 0 Å². The van der Waals surface area contributed by atoms with Crippen LogP contribution >= 0.6 is 0 Å². The zero-order valence-corrected chi connectivity index (χ0v) is 23.6. The summed E-state index contributed by atoms with van der Waals surface area (Å²) in [5.74, 6) is -0.380. The molecule has 0 unspecified atom stereocenters. The first-order valence-corrected chi connectivity index (χ1v) is 13.9. The van der Waals surface area contributed by atoms with Crippen molar-refractivity contribution in [2.75, 3.05) is 45.0 Å². The molecule has 3 aromatic carbocycles. The molecule has 3 atom stereocenters. The highest BCUT2D eigenvalue weighted by molar-refractivity contribution is 5.94. The van der Waals surface area contributed by atoms with Crippen molar-refractivity contribution in [3.63, 3.8) is 0 Å². The Labute approximate surface area is 240 Å². The van der Waals surface area contributed by atoms with Crippen molar-refractivity contribution in [1.29, 1.82) is 0 Å². The van der Waals surface area contributed by atoms with Gasteiger partial charge in [0, 0.05) is 30.8 Å². The van der Waals surface area contributed by atoms with Gasteiger partial charge in [-0.25, -0.2) is 0 Å². The van der Waals surface area contributed by atoms with Crippen molar-refractivity contribution >= 4 is 17.6 Å². The topological polar surface area (TPSA) is 107 Å².